The fraction of sp³-hybridized carbons (Fsp3) is 0.333. The molecule has 21 heavy (non-hydrogen) atoms. The molecule has 0 aromatic carbocycles. The first-order valence-corrected chi connectivity index (χ1v) is 6.84. The predicted molar refractivity (Wildman–Crippen MR) is 80.3 cm³/mol. The van der Waals surface area contributed by atoms with Crippen LogP contribution in [0.4, 0.5) is 0 Å². The van der Waals surface area contributed by atoms with Crippen molar-refractivity contribution in [2.75, 3.05) is 0 Å². The summed E-state index contributed by atoms with van der Waals surface area (Å²) in [5.41, 5.74) is 1.82. The molecule has 2 heterocycles. The molecule has 0 aliphatic rings. The Bertz CT molecular complexity index is 645. The number of rotatable bonds is 5. The number of pyridine rings is 1. The monoisotopic (exact) mass is 285 g/mol. The molecule has 1 amide bonds. The van der Waals surface area contributed by atoms with E-state index in [0.717, 1.165) is 17.1 Å². The molecule has 2 aromatic heterocycles. The third-order valence-corrected chi connectivity index (χ3v) is 3.07. The van der Waals surface area contributed by atoms with E-state index in [0.29, 0.717) is 6.54 Å². The van der Waals surface area contributed by atoms with E-state index in [1.807, 2.05) is 37.5 Å². The molecule has 110 valence electrons. The SMILES string of the molecule is Cc1cccnc1/C=C/C(=O)NCc1nncn1C(C)C. The number of aryl methyl sites for hydroxylation is 1. The Hall–Kier alpha value is -2.50. The topological polar surface area (TPSA) is 72.7 Å². The van der Waals surface area contributed by atoms with Crippen LogP contribution in [0.25, 0.3) is 6.08 Å². The summed E-state index contributed by atoms with van der Waals surface area (Å²) < 4.78 is 1.92. The summed E-state index contributed by atoms with van der Waals surface area (Å²) in [5, 5.41) is 10.7. The summed E-state index contributed by atoms with van der Waals surface area (Å²) in [4.78, 5) is 16.0. The molecule has 0 saturated heterocycles. The van der Waals surface area contributed by atoms with Crippen LogP contribution in [0.5, 0.6) is 0 Å². The van der Waals surface area contributed by atoms with Crippen LogP contribution >= 0.6 is 0 Å². The average Bonchev–Trinajstić information content (AvgIpc) is 2.93. The van der Waals surface area contributed by atoms with Gasteiger partial charge in [0.15, 0.2) is 5.82 Å². The molecule has 0 fully saturated rings. The average molecular weight is 285 g/mol. The molecule has 2 aromatic rings. The number of carbonyl (C=O) groups excluding carboxylic acids is 1. The Morgan fingerprint density at radius 2 is 2.29 bits per heavy atom. The lowest BCUT2D eigenvalue weighted by molar-refractivity contribution is -0.116. The third kappa shape index (κ3) is 3.98. The van der Waals surface area contributed by atoms with Gasteiger partial charge in [-0.05, 0) is 38.5 Å². The minimum atomic E-state index is -0.182. The van der Waals surface area contributed by atoms with Crippen molar-refractivity contribution in [3.63, 3.8) is 0 Å². The lowest BCUT2D eigenvalue weighted by Crippen LogP contribution is -2.23. The normalized spacial score (nSPS) is 11.2. The summed E-state index contributed by atoms with van der Waals surface area (Å²) in [6, 6.07) is 4.08. The Morgan fingerprint density at radius 1 is 1.48 bits per heavy atom. The van der Waals surface area contributed by atoms with Gasteiger partial charge in [-0.25, -0.2) is 0 Å². The van der Waals surface area contributed by atoms with Crippen LogP contribution in [0.3, 0.4) is 0 Å². The van der Waals surface area contributed by atoms with Crippen LogP contribution < -0.4 is 5.32 Å². The predicted octanol–water partition coefficient (Wildman–Crippen LogP) is 1.89. The molecule has 0 bridgehead atoms. The number of carbonyl (C=O) groups is 1. The van der Waals surface area contributed by atoms with Crippen LogP contribution in [0.15, 0.2) is 30.7 Å². The lowest BCUT2D eigenvalue weighted by Gasteiger charge is -2.09. The van der Waals surface area contributed by atoms with E-state index < -0.39 is 0 Å². The summed E-state index contributed by atoms with van der Waals surface area (Å²) >= 11 is 0. The summed E-state index contributed by atoms with van der Waals surface area (Å²) in [7, 11) is 0. The number of nitrogens with zero attached hydrogens (tertiary/aromatic N) is 4. The van der Waals surface area contributed by atoms with Crippen LogP contribution in [-0.2, 0) is 11.3 Å². The number of aromatic nitrogens is 4. The molecule has 0 radical (unpaired) electrons. The first kappa shape index (κ1) is 14.9. The maximum absolute atomic E-state index is 11.8. The molecule has 6 heteroatoms. The molecule has 6 nitrogen and oxygen atoms in total. The van der Waals surface area contributed by atoms with E-state index in [2.05, 4.69) is 20.5 Å². The van der Waals surface area contributed by atoms with Crippen LogP contribution in [0, 0.1) is 6.92 Å². The molecular weight excluding hydrogens is 266 g/mol. The Kier molecular flexibility index (Phi) is 4.81. The van der Waals surface area contributed by atoms with Crippen molar-refractivity contribution in [3.8, 4) is 0 Å². The molecule has 0 aliphatic heterocycles. The molecule has 1 N–H and O–H groups in total. The van der Waals surface area contributed by atoms with E-state index in [1.165, 1.54) is 6.08 Å². The summed E-state index contributed by atoms with van der Waals surface area (Å²) in [6.07, 6.45) is 6.55. The van der Waals surface area contributed by atoms with E-state index in [-0.39, 0.29) is 11.9 Å². The minimum Gasteiger partial charge on any atom is -0.345 e. The standard InChI is InChI=1S/C15H19N5O/c1-11(2)20-10-18-19-14(20)9-17-15(21)7-6-13-12(3)5-4-8-16-13/h4-8,10-11H,9H2,1-3H3,(H,17,21)/b7-6+. The minimum absolute atomic E-state index is 0.182. The largest absolute Gasteiger partial charge is 0.345 e. The van der Waals surface area contributed by atoms with Crippen molar-refractivity contribution in [1.82, 2.24) is 25.1 Å². The van der Waals surface area contributed by atoms with Gasteiger partial charge < -0.3 is 9.88 Å². The van der Waals surface area contributed by atoms with Crippen molar-refractivity contribution in [3.05, 3.63) is 47.8 Å². The molecule has 0 atom stereocenters. The Morgan fingerprint density at radius 3 is 3.00 bits per heavy atom. The molecule has 2 rings (SSSR count). The quantitative estimate of drug-likeness (QED) is 0.851. The van der Waals surface area contributed by atoms with Gasteiger partial charge in [0.1, 0.15) is 6.33 Å². The van der Waals surface area contributed by atoms with Gasteiger partial charge in [0.05, 0.1) is 12.2 Å². The van der Waals surface area contributed by atoms with Gasteiger partial charge >= 0.3 is 0 Å². The zero-order chi connectivity index (χ0) is 15.2. The summed E-state index contributed by atoms with van der Waals surface area (Å²) in [6.45, 7) is 6.38. The van der Waals surface area contributed by atoms with Crippen molar-refractivity contribution in [2.45, 2.75) is 33.4 Å². The van der Waals surface area contributed by atoms with Crippen molar-refractivity contribution >= 4 is 12.0 Å². The van der Waals surface area contributed by atoms with Crippen molar-refractivity contribution in [1.29, 1.82) is 0 Å². The van der Waals surface area contributed by atoms with Crippen LogP contribution in [0.2, 0.25) is 0 Å². The smallest absolute Gasteiger partial charge is 0.244 e. The summed E-state index contributed by atoms with van der Waals surface area (Å²) in [5.74, 6) is 0.555. The molecule has 0 unspecified atom stereocenters. The second kappa shape index (κ2) is 6.78. The third-order valence-electron chi connectivity index (χ3n) is 3.07. The molecule has 0 aliphatic carbocycles. The second-order valence-corrected chi connectivity index (χ2v) is 5.00. The fourth-order valence-electron chi connectivity index (χ4n) is 1.88. The number of hydrogen-bond acceptors (Lipinski definition) is 4. The first-order valence-electron chi connectivity index (χ1n) is 6.84. The second-order valence-electron chi connectivity index (χ2n) is 5.00. The Balaban J connectivity index is 1.93. The van der Waals surface area contributed by atoms with E-state index >= 15 is 0 Å². The maximum Gasteiger partial charge on any atom is 0.244 e. The highest BCUT2D eigenvalue weighted by molar-refractivity contribution is 5.91. The zero-order valence-corrected chi connectivity index (χ0v) is 12.4. The van der Waals surface area contributed by atoms with E-state index in [4.69, 9.17) is 0 Å². The Labute approximate surface area is 123 Å². The van der Waals surface area contributed by atoms with Gasteiger partial charge in [0.2, 0.25) is 5.91 Å². The van der Waals surface area contributed by atoms with Gasteiger partial charge in [-0.3, -0.25) is 9.78 Å². The van der Waals surface area contributed by atoms with E-state index in [1.54, 1.807) is 18.6 Å². The van der Waals surface area contributed by atoms with Gasteiger partial charge in [0, 0.05) is 18.3 Å². The maximum atomic E-state index is 11.8. The molecule has 0 spiro atoms. The van der Waals surface area contributed by atoms with Crippen LogP contribution in [-0.4, -0.2) is 25.7 Å². The van der Waals surface area contributed by atoms with Gasteiger partial charge in [-0.2, -0.15) is 0 Å². The van der Waals surface area contributed by atoms with Gasteiger partial charge in [-0.15, -0.1) is 10.2 Å². The highest BCUT2D eigenvalue weighted by Gasteiger charge is 2.07. The van der Waals surface area contributed by atoms with Crippen molar-refractivity contribution in [2.24, 2.45) is 0 Å². The molecular formula is C15H19N5O. The highest BCUT2D eigenvalue weighted by atomic mass is 16.1. The van der Waals surface area contributed by atoms with Gasteiger partial charge in [-0.1, -0.05) is 6.07 Å². The highest BCUT2D eigenvalue weighted by Crippen LogP contribution is 2.06. The number of nitrogens with one attached hydrogen (secondary N) is 1. The molecule has 0 saturated carbocycles. The first-order chi connectivity index (χ1) is 10.1. The number of hydrogen-bond donors (Lipinski definition) is 1. The number of amides is 1. The van der Waals surface area contributed by atoms with Crippen LogP contribution in [0.1, 0.15) is 37.0 Å². The fourth-order valence-corrected chi connectivity index (χ4v) is 1.88. The van der Waals surface area contributed by atoms with Crippen molar-refractivity contribution < 1.29 is 4.79 Å². The van der Waals surface area contributed by atoms with E-state index in [9.17, 15) is 4.79 Å². The van der Waals surface area contributed by atoms with Gasteiger partial charge in [0.25, 0.3) is 0 Å². The lowest BCUT2D eigenvalue weighted by atomic mass is 10.2. The zero-order valence-electron chi connectivity index (χ0n) is 12.4.